The van der Waals surface area contributed by atoms with Crippen LogP contribution in [-0.2, 0) is 30.3 Å². The molecule has 0 spiro atoms. The van der Waals surface area contributed by atoms with Crippen LogP contribution in [0.4, 0.5) is 4.79 Å². The van der Waals surface area contributed by atoms with Gasteiger partial charge in [-0.05, 0) is 72.1 Å². The zero-order chi connectivity index (χ0) is 31.7. The Morgan fingerprint density at radius 3 is 1.93 bits per heavy atom. The summed E-state index contributed by atoms with van der Waals surface area (Å²) in [6, 6.07) is 13.4. The maximum Gasteiger partial charge on any atom is 0.408 e. The molecule has 0 saturated carbocycles. The van der Waals surface area contributed by atoms with Crippen LogP contribution in [0, 0.1) is 6.92 Å². The first-order chi connectivity index (χ1) is 19.6. The summed E-state index contributed by atoms with van der Waals surface area (Å²) in [6.45, 7) is 14.2. The Balaban J connectivity index is 2.48. The van der Waals surface area contributed by atoms with E-state index in [4.69, 9.17) is 9.47 Å². The normalized spacial score (nSPS) is 13.7. The number of rotatable bonds is 11. The molecule has 2 aromatic rings. The number of ether oxygens (including phenoxy) is 2. The first-order valence-electron chi connectivity index (χ1n) is 14.1. The van der Waals surface area contributed by atoms with Gasteiger partial charge in [-0.15, -0.1) is 0 Å². The van der Waals surface area contributed by atoms with Crippen LogP contribution in [0.15, 0.2) is 54.6 Å². The van der Waals surface area contributed by atoms with E-state index in [1.807, 2.05) is 49.4 Å². The van der Waals surface area contributed by atoms with Crippen molar-refractivity contribution in [3.05, 3.63) is 71.3 Å². The lowest BCUT2D eigenvalue weighted by Gasteiger charge is -2.35. The summed E-state index contributed by atoms with van der Waals surface area (Å²) in [4.78, 5) is 55.2. The van der Waals surface area contributed by atoms with Crippen LogP contribution >= 0.6 is 12.6 Å². The van der Waals surface area contributed by atoms with E-state index >= 15 is 0 Å². The predicted molar refractivity (Wildman–Crippen MR) is 166 cm³/mol. The molecular formula is C32H45N3O6S. The first kappa shape index (κ1) is 34.7. The van der Waals surface area contributed by atoms with Gasteiger partial charge in [-0.25, -0.2) is 9.59 Å². The van der Waals surface area contributed by atoms with Crippen LogP contribution in [0.2, 0.25) is 0 Å². The fourth-order valence-electron chi connectivity index (χ4n) is 4.31. The molecule has 0 aliphatic carbocycles. The summed E-state index contributed by atoms with van der Waals surface area (Å²) < 4.78 is 11.0. The van der Waals surface area contributed by atoms with Gasteiger partial charge in [-0.3, -0.25) is 9.59 Å². The number of nitrogens with one attached hydrogen (secondary N) is 2. The second-order valence-corrected chi connectivity index (χ2v) is 12.4. The number of amides is 3. The van der Waals surface area contributed by atoms with Gasteiger partial charge in [0.1, 0.15) is 29.3 Å². The molecule has 9 nitrogen and oxygen atoms in total. The first-order valence-corrected chi connectivity index (χ1v) is 14.7. The molecule has 0 aromatic heterocycles. The molecule has 0 saturated heterocycles. The molecule has 3 atom stereocenters. The lowest BCUT2D eigenvalue weighted by molar-refractivity contribution is -0.159. The number of likely N-dealkylation sites (N-methyl/N-ethyl adjacent to an activating group) is 1. The number of alkyl carbamates (subject to hydrolysis) is 1. The van der Waals surface area contributed by atoms with E-state index in [9.17, 15) is 19.2 Å². The minimum Gasteiger partial charge on any atom is -0.458 e. The van der Waals surface area contributed by atoms with Crippen molar-refractivity contribution < 1.29 is 28.7 Å². The summed E-state index contributed by atoms with van der Waals surface area (Å²) >= 11 is 4.30. The molecule has 0 radical (unpaired) electrons. The SMILES string of the molecule is CCN(C(=O)C(CS)NC(=O)OC(C)(C)C)C(C(=O)NC(Cc1ccccc1)C(=O)OC(C)(C)C)c1ccccc1C. The van der Waals surface area contributed by atoms with E-state index in [0.717, 1.165) is 11.1 Å². The highest BCUT2D eigenvalue weighted by atomic mass is 32.1. The molecule has 0 aliphatic rings. The average molecular weight is 600 g/mol. The van der Waals surface area contributed by atoms with Gasteiger partial charge in [-0.2, -0.15) is 12.6 Å². The van der Waals surface area contributed by atoms with Gasteiger partial charge >= 0.3 is 12.1 Å². The Morgan fingerprint density at radius 1 is 0.833 bits per heavy atom. The maximum absolute atomic E-state index is 14.1. The third-order valence-electron chi connectivity index (χ3n) is 6.13. The van der Waals surface area contributed by atoms with E-state index in [-0.39, 0.29) is 18.7 Å². The number of benzene rings is 2. The Kier molecular flexibility index (Phi) is 12.5. The molecular weight excluding hydrogens is 554 g/mol. The van der Waals surface area contributed by atoms with Crippen LogP contribution < -0.4 is 10.6 Å². The van der Waals surface area contributed by atoms with Crippen molar-refractivity contribution in [1.82, 2.24) is 15.5 Å². The minimum atomic E-state index is -1.10. The van der Waals surface area contributed by atoms with Gasteiger partial charge in [0.25, 0.3) is 0 Å². The van der Waals surface area contributed by atoms with E-state index in [1.54, 1.807) is 60.6 Å². The summed E-state index contributed by atoms with van der Waals surface area (Å²) in [5.74, 6) is -1.68. The number of esters is 1. The number of hydrogen-bond donors (Lipinski definition) is 3. The molecule has 42 heavy (non-hydrogen) atoms. The summed E-state index contributed by atoms with van der Waals surface area (Å²) in [6.07, 6.45) is -0.572. The molecule has 3 unspecified atom stereocenters. The summed E-state index contributed by atoms with van der Waals surface area (Å²) in [7, 11) is 0. The average Bonchev–Trinajstić information content (AvgIpc) is 2.88. The van der Waals surface area contributed by atoms with E-state index in [0.29, 0.717) is 5.56 Å². The maximum atomic E-state index is 14.1. The van der Waals surface area contributed by atoms with E-state index in [2.05, 4.69) is 23.3 Å². The number of thiol groups is 1. The second kappa shape index (κ2) is 15.1. The number of carbonyl (C=O) groups is 4. The molecule has 0 fully saturated rings. The van der Waals surface area contributed by atoms with Crippen LogP contribution in [0.3, 0.4) is 0 Å². The van der Waals surface area contributed by atoms with Crippen molar-refractivity contribution >= 4 is 36.5 Å². The third kappa shape index (κ3) is 10.7. The Bertz CT molecular complexity index is 1220. The monoisotopic (exact) mass is 599 g/mol. The zero-order valence-corrected chi connectivity index (χ0v) is 26.8. The van der Waals surface area contributed by atoms with Gasteiger partial charge < -0.3 is 25.0 Å². The van der Waals surface area contributed by atoms with E-state index in [1.165, 1.54) is 4.90 Å². The Labute approximate surface area is 255 Å². The predicted octanol–water partition coefficient (Wildman–Crippen LogP) is 4.78. The van der Waals surface area contributed by atoms with Crippen molar-refractivity contribution in [2.45, 2.75) is 91.1 Å². The fraction of sp³-hybridized carbons (Fsp3) is 0.500. The van der Waals surface area contributed by atoms with Gasteiger partial charge in [0.05, 0.1) is 0 Å². The van der Waals surface area contributed by atoms with Crippen molar-refractivity contribution in [3.8, 4) is 0 Å². The number of aryl methyl sites for hydroxylation is 1. The largest absolute Gasteiger partial charge is 0.458 e. The highest BCUT2D eigenvalue weighted by molar-refractivity contribution is 7.80. The lowest BCUT2D eigenvalue weighted by Crippen LogP contribution is -2.55. The molecule has 2 aromatic carbocycles. The topological polar surface area (TPSA) is 114 Å². The highest BCUT2D eigenvalue weighted by Gasteiger charge is 2.38. The second-order valence-electron chi connectivity index (χ2n) is 12.0. The minimum absolute atomic E-state index is 0.0226. The molecule has 2 N–H and O–H groups in total. The number of carbonyl (C=O) groups excluding carboxylic acids is 4. The molecule has 2 rings (SSSR count). The molecule has 3 amide bonds. The fourth-order valence-corrected chi connectivity index (χ4v) is 4.56. The third-order valence-corrected chi connectivity index (χ3v) is 6.49. The summed E-state index contributed by atoms with van der Waals surface area (Å²) in [5, 5.41) is 5.45. The molecule has 10 heteroatoms. The molecule has 230 valence electrons. The Hall–Kier alpha value is -3.53. The quantitative estimate of drug-likeness (QED) is 0.253. The van der Waals surface area contributed by atoms with Crippen molar-refractivity contribution in [2.75, 3.05) is 12.3 Å². The van der Waals surface area contributed by atoms with Gasteiger partial charge in [-0.1, -0.05) is 54.6 Å². The van der Waals surface area contributed by atoms with E-state index < -0.39 is 53.2 Å². The van der Waals surface area contributed by atoms with Crippen LogP contribution in [0.5, 0.6) is 0 Å². The zero-order valence-electron chi connectivity index (χ0n) is 25.9. The van der Waals surface area contributed by atoms with Crippen LogP contribution in [0.25, 0.3) is 0 Å². The lowest BCUT2D eigenvalue weighted by atomic mass is 9.97. The smallest absolute Gasteiger partial charge is 0.408 e. The van der Waals surface area contributed by atoms with Gasteiger partial charge in [0.15, 0.2) is 0 Å². The standard InChI is InChI=1S/C32H45N3O6S/c1-9-35(28(37)25(20-42)34-30(39)41-32(6,7)8)26(23-18-14-13-15-21(23)2)27(36)33-24(29(38)40-31(3,4)5)19-22-16-11-10-12-17-22/h10-18,24-26,42H,9,19-20H2,1-8H3,(H,33,36)(H,34,39). The van der Waals surface area contributed by atoms with Crippen molar-refractivity contribution in [1.29, 1.82) is 0 Å². The van der Waals surface area contributed by atoms with Gasteiger partial charge in [0.2, 0.25) is 11.8 Å². The van der Waals surface area contributed by atoms with Gasteiger partial charge in [0, 0.05) is 18.7 Å². The molecule has 0 aliphatic heterocycles. The van der Waals surface area contributed by atoms with Crippen molar-refractivity contribution in [3.63, 3.8) is 0 Å². The number of hydrogen-bond acceptors (Lipinski definition) is 7. The van der Waals surface area contributed by atoms with Crippen LogP contribution in [0.1, 0.15) is 71.2 Å². The van der Waals surface area contributed by atoms with Crippen LogP contribution in [-0.4, -0.2) is 64.4 Å². The molecule has 0 bridgehead atoms. The highest BCUT2D eigenvalue weighted by Crippen LogP contribution is 2.26. The molecule has 0 heterocycles. The Morgan fingerprint density at radius 2 is 1.40 bits per heavy atom. The number of nitrogens with zero attached hydrogens (tertiary/aromatic N) is 1. The summed E-state index contributed by atoms with van der Waals surface area (Å²) in [5.41, 5.74) is 0.662. The van der Waals surface area contributed by atoms with Crippen molar-refractivity contribution in [2.24, 2.45) is 0 Å².